The molecule has 4 rings (SSSR count). The van der Waals surface area contributed by atoms with Crippen molar-refractivity contribution in [3.63, 3.8) is 0 Å². The third-order valence-corrected chi connectivity index (χ3v) is 6.62. The van der Waals surface area contributed by atoms with Crippen molar-refractivity contribution in [1.82, 2.24) is 9.55 Å². The Morgan fingerprint density at radius 3 is 2.48 bits per heavy atom. The molecule has 5 heteroatoms. The molecule has 0 amide bonds. The first-order valence-corrected chi connectivity index (χ1v) is 10.7. The van der Waals surface area contributed by atoms with Crippen molar-refractivity contribution >= 4 is 34.3 Å². The SMILES string of the molecule is Cc1cccc(-n2c(S[C@@H](C)c3ccccc3Cl)nc3ccccc3c2=O)c1C. The number of aromatic nitrogens is 2. The van der Waals surface area contributed by atoms with E-state index in [9.17, 15) is 4.79 Å². The third-order valence-electron chi connectivity index (χ3n) is 5.19. The lowest BCUT2D eigenvalue weighted by atomic mass is 10.1. The summed E-state index contributed by atoms with van der Waals surface area (Å²) >= 11 is 7.96. The highest BCUT2D eigenvalue weighted by molar-refractivity contribution is 7.99. The van der Waals surface area contributed by atoms with E-state index in [1.807, 2.05) is 67.6 Å². The van der Waals surface area contributed by atoms with Crippen molar-refractivity contribution in [3.05, 3.63) is 98.8 Å². The second-order valence-corrected chi connectivity index (χ2v) is 8.77. The third kappa shape index (κ3) is 3.70. The quantitative estimate of drug-likeness (QED) is 0.279. The van der Waals surface area contributed by atoms with Gasteiger partial charge < -0.3 is 0 Å². The maximum atomic E-state index is 13.5. The van der Waals surface area contributed by atoms with Gasteiger partial charge in [0, 0.05) is 10.3 Å². The Bertz CT molecular complexity index is 1270. The van der Waals surface area contributed by atoms with Gasteiger partial charge in [-0.05, 0) is 61.7 Å². The van der Waals surface area contributed by atoms with E-state index >= 15 is 0 Å². The summed E-state index contributed by atoms with van der Waals surface area (Å²) in [4.78, 5) is 18.3. The number of nitrogens with zero attached hydrogens (tertiary/aromatic N) is 2. The molecule has 0 unspecified atom stereocenters. The van der Waals surface area contributed by atoms with Crippen LogP contribution in [0.5, 0.6) is 0 Å². The smallest absolute Gasteiger partial charge is 0.266 e. The van der Waals surface area contributed by atoms with Crippen molar-refractivity contribution in [2.75, 3.05) is 0 Å². The number of benzene rings is 3. The summed E-state index contributed by atoms with van der Waals surface area (Å²) in [6.45, 7) is 6.18. The van der Waals surface area contributed by atoms with Gasteiger partial charge in [-0.15, -0.1) is 0 Å². The van der Waals surface area contributed by atoms with E-state index in [1.165, 1.54) is 0 Å². The van der Waals surface area contributed by atoms with E-state index in [2.05, 4.69) is 19.9 Å². The number of hydrogen-bond acceptors (Lipinski definition) is 3. The number of rotatable bonds is 4. The van der Waals surface area contributed by atoms with Crippen molar-refractivity contribution < 1.29 is 0 Å². The number of hydrogen-bond donors (Lipinski definition) is 0. The van der Waals surface area contributed by atoms with Gasteiger partial charge in [-0.3, -0.25) is 9.36 Å². The van der Waals surface area contributed by atoms with Gasteiger partial charge in [-0.25, -0.2) is 4.98 Å². The van der Waals surface area contributed by atoms with E-state index in [0.29, 0.717) is 21.1 Å². The number of thioether (sulfide) groups is 1. The molecule has 1 atom stereocenters. The van der Waals surface area contributed by atoms with Crippen LogP contribution in [0.4, 0.5) is 0 Å². The van der Waals surface area contributed by atoms with E-state index in [0.717, 1.165) is 22.4 Å². The van der Waals surface area contributed by atoms with E-state index in [1.54, 1.807) is 16.3 Å². The molecule has 0 spiro atoms. The fourth-order valence-corrected chi connectivity index (χ4v) is 4.86. The van der Waals surface area contributed by atoms with Crippen LogP contribution in [0.3, 0.4) is 0 Å². The van der Waals surface area contributed by atoms with Crippen LogP contribution in [0, 0.1) is 13.8 Å². The molecule has 0 saturated heterocycles. The molecule has 0 fully saturated rings. The average Bonchev–Trinajstić information content (AvgIpc) is 2.71. The zero-order chi connectivity index (χ0) is 20.5. The Morgan fingerprint density at radius 1 is 0.966 bits per heavy atom. The molecule has 0 bridgehead atoms. The van der Waals surface area contributed by atoms with Crippen molar-refractivity contribution in [2.45, 2.75) is 31.2 Å². The van der Waals surface area contributed by atoms with Gasteiger partial charge >= 0.3 is 0 Å². The highest BCUT2D eigenvalue weighted by Gasteiger charge is 2.19. The molecule has 0 radical (unpaired) electrons. The topological polar surface area (TPSA) is 34.9 Å². The van der Waals surface area contributed by atoms with Gasteiger partial charge in [-0.2, -0.15) is 0 Å². The van der Waals surface area contributed by atoms with Crippen LogP contribution in [0.1, 0.15) is 28.9 Å². The molecule has 3 nitrogen and oxygen atoms in total. The lowest BCUT2D eigenvalue weighted by Gasteiger charge is -2.19. The summed E-state index contributed by atoms with van der Waals surface area (Å²) in [7, 11) is 0. The first-order chi connectivity index (χ1) is 14.0. The predicted octanol–water partition coefficient (Wildman–Crippen LogP) is 6.51. The Labute approximate surface area is 179 Å². The predicted molar refractivity (Wildman–Crippen MR) is 123 cm³/mol. The molecule has 3 aromatic carbocycles. The van der Waals surface area contributed by atoms with Crippen LogP contribution in [-0.2, 0) is 0 Å². The van der Waals surface area contributed by atoms with E-state index < -0.39 is 0 Å². The van der Waals surface area contributed by atoms with Crippen LogP contribution >= 0.6 is 23.4 Å². The number of aryl methyl sites for hydroxylation is 1. The minimum absolute atomic E-state index is 0.0353. The molecule has 29 heavy (non-hydrogen) atoms. The number of fused-ring (bicyclic) bond motifs is 1. The zero-order valence-electron chi connectivity index (χ0n) is 16.5. The Morgan fingerprint density at radius 2 is 1.69 bits per heavy atom. The summed E-state index contributed by atoms with van der Waals surface area (Å²) in [6, 6.07) is 21.3. The van der Waals surface area contributed by atoms with Crippen LogP contribution in [-0.4, -0.2) is 9.55 Å². The molecular formula is C24H21ClN2OS. The molecule has 4 aromatic rings. The standard InChI is InChI=1S/C24H21ClN2OS/c1-15-9-8-14-22(16(15)2)27-23(28)19-11-5-7-13-21(19)26-24(27)29-17(3)18-10-4-6-12-20(18)25/h4-14,17H,1-3H3/t17-/m0/s1. The summed E-state index contributed by atoms with van der Waals surface area (Å²) < 4.78 is 1.74. The summed E-state index contributed by atoms with van der Waals surface area (Å²) in [5.74, 6) is 0. The molecule has 0 saturated carbocycles. The number of halogens is 1. The zero-order valence-corrected chi connectivity index (χ0v) is 18.1. The molecule has 1 aromatic heterocycles. The summed E-state index contributed by atoms with van der Waals surface area (Å²) in [6.07, 6.45) is 0. The molecule has 1 heterocycles. The largest absolute Gasteiger partial charge is 0.268 e. The van der Waals surface area contributed by atoms with E-state index in [-0.39, 0.29) is 10.8 Å². The molecule has 0 aliphatic heterocycles. The first-order valence-electron chi connectivity index (χ1n) is 9.47. The van der Waals surface area contributed by atoms with Crippen LogP contribution in [0.25, 0.3) is 16.6 Å². The fourth-order valence-electron chi connectivity index (χ4n) is 3.41. The number of para-hydroxylation sites is 1. The Balaban J connectivity index is 1.94. The molecule has 0 aliphatic carbocycles. The summed E-state index contributed by atoms with van der Waals surface area (Å²) in [5.41, 5.74) is 4.74. The van der Waals surface area contributed by atoms with Crippen molar-refractivity contribution in [2.24, 2.45) is 0 Å². The van der Waals surface area contributed by atoms with Gasteiger partial charge in [0.05, 0.1) is 16.6 Å². The van der Waals surface area contributed by atoms with Crippen LogP contribution < -0.4 is 5.56 Å². The lowest BCUT2D eigenvalue weighted by Crippen LogP contribution is -2.23. The van der Waals surface area contributed by atoms with Crippen molar-refractivity contribution in [1.29, 1.82) is 0 Å². The van der Waals surface area contributed by atoms with Crippen LogP contribution in [0.2, 0.25) is 5.02 Å². The van der Waals surface area contributed by atoms with Crippen molar-refractivity contribution in [3.8, 4) is 5.69 Å². The molecule has 0 N–H and O–H groups in total. The molecule has 0 aliphatic rings. The van der Waals surface area contributed by atoms with Gasteiger partial charge in [0.15, 0.2) is 5.16 Å². The second-order valence-electron chi connectivity index (χ2n) is 7.05. The van der Waals surface area contributed by atoms with Gasteiger partial charge in [0.1, 0.15) is 0 Å². The maximum absolute atomic E-state index is 13.5. The molecule has 146 valence electrons. The van der Waals surface area contributed by atoms with Gasteiger partial charge in [0.2, 0.25) is 0 Å². The highest BCUT2D eigenvalue weighted by Crippen LogP contribution is 2.38. The lowest BCUT2D eigenvalue weighted by molar-refractivity contribution is 0.809. The van der Waals surface area contributed by atoms with Gasteiger partial charge in [-0.1, -0.05) is 65.8 Å². The van der Waals surface area contributed by atoms with E-state index in [4.69, 9.17) is 16.6 Å². The maximum Gasteiger partial charge on any atom is 0.266 e. The van der Waals surface area contributed by atoms with Crippen LogP contribution in [0.15, 0.2) is 76.7 Å². The first kappa shape index (κ1) is 19.7. The Kier molecular flexibility index (Phi) is 5.48. The average molecular weight is 421 g/mol. The van der Waals surface area contributed by atoms with Gasteiger partial charge in [0.25, 0.3) is 5.56 Å². The fraction of sp³-hybridized carbons (Fsp3) is 0.167. The second kappa shape index (κ2) is 8.05. The minimum atomic E-state index is -0.0573. The highest BCUT2D eigenvalue weighted by atomic mass is 35.5. The monoisotopic (exact) mass is 420 g/mol. The Hall–Kier alpha value is -2.56. The molecular weight excluding hydrogens is 400 g/mol. The normalized spacial score (nSPS) is 12.3. The minimum Gasteiger partial charge on any atom is -0.268 e. The summed E-state index contributed by atoms with van der Waals surface area (Å²) in [5, 5.41) is 2.03.